The van der Waals surface area contributed by atoms with E-state index in [0.29, 0.717) is 42.4 Å². The van der Waals surface area contributed by atoms with Crippen molar-refractivity contribution in [3.8, 4) is 6.07 Å². The number of thioether (sulfide) groups is 1. The quantitative estimate of drug-likeness (QED) is 0.624. The van der Waals surface area contributed by atoms with Gasteiger partial charge in [-0.05, 0) is 74.1 Å². The van der Waals surface area contributed by atoms with Crippen LogP contribution in [0.2, 0.25) is 0 Å². The number of nitriles is 1. The van der Waals surface area contributed by atoms with E-state index in [1.807, 2.05) is 18.4 Å². The van der Waals surface area contributed by atoms with Gasteiger partial charge in [0.1, 0.15) is 11.1 Å². The van der Waals surface area contributed by atoms with E-state index >= 15 is 0 Å². The minimum atomic E-state index is -3.56. The summed E-state index contributed by atoms with van der Waals surface area (Å²) in [5.41, 5.74) is 1.71. The fraction of sp³-hybridized carbons (Fsp3) is 0.478. The first-order valence-corrected chi connectivity index (χ1v) is 14.3. The maximum Gasteiger partial charge on any atom is 0.243 e. The number of amides is 1. The zero-order valence-electron chi connectivity index (χ0n) is 18.3. The fourth-order valence-corrected chi connectivity index (χ4v) is 7.67. The Bertz CT molecular complexity index is 1140. The number of piperidine rings is 1. The molecule has 32 heavy (non-hydrogen) atoms. The molecule has 2 aromatic rings. The van der Waals surface area contributed by atoms with Crippen molar-refractivity contribution < 1.29 is 13.2 Å². The molecule has 6 nitrogen and oxygen atoms in total. The summed E-state index contributed by atoms with van der Waals surface area (Å²) >= 11 is 3.09. The predicted octanol–water partition coefficient (Wildman–Crippen LogP) is 4.51. The smallest absolute Gasteiger partial charge is 0.243 e. The Morgan fingerprint density at radius 1 is 1.22 bits per heavy atom. The van der Waals surface area contributed by atoms with Crippen LogP contribution in [0.15, 0.2) is 34.1 Å². The number of anilines is 1. The van der Waals surface area contributed by atoms with Gasteiger partial charge < -0.3 is 5.32 Å². The van der Waals surface area contributed by atoms with Crippen LogP contribution in [0.5, 0.6) is 0 Å². The van der Waals surface area contributed by atoms with Crippen LogP contribution in [0.3, 0.4) is 0 Å². The molecule has 1 aliphatic carbocycles. The molecule has 1 fully saturated rings. The lowest BCUT2D eigenvalue weighted by molar-refractivity contribution is -0.120. The van der Waals surface area contributed by atoms with E-state index in [-0.39, 0.29) is 16.7 Å². The average molecular weight is 490 g/mol. The Morgan fingerprint density at radius 3 is 2.53 bits per heavy atom. The van der Waals surface area contributed by atoms with Crippen LogP contribution >= 0.6 is 23.1 Å². The van der Waals surface area contributed by atoms with Crippen LogP contribution in [0, 0.1) is 23.2 Å². The summed E-state index contributed by atoms with van der Waals surface area (Å²) in [6.07, 6.45) is 5.80. The number of fused-ring (bicyclic) bond motifs is 1. The summed E-state index contributed by atoms with van der Waals surface area (Å²) < 4.78 is 27.4. The Hall–Kier alpha value is -1.86. The number of nitrogens with zero attached hydrogens (tertiary/aromatic N) is 2. The van der Waals surface area contributed by atoms with Gasteiger partial charge in [0.05, 0.1) is 10.5 Å². The topological polar surface area (TPSA) is 90.3 Å². The van der Waals surface area contributed by atoms with Crippen LogP contribution < -0.4 is 5.32 Å². The Balaban J connectivity index is 1.40. The zero-order valence-corrected chi connectivity index (χ0v) is 20.7. The summed E-state index contributed by atoms with van der Waals surface area (Å²) in [5, 5.41) is 13.3. The van der Waals surface area contributed by atoms with Gasteiger partial charge in [-0.2, -0.15) is 9.57 Å². The lowest BCUT2D eigenvalue weighted by Gasteiger charge is -2.30. The zero-order chi connectivity index (χ0) is 22.9. The first-order valence-electron chi connectivity index (χ1n) is 10.8. The molecular weight excluding hydrogens is 462 g/mol. The number of carbonyl (C=O) groups is 1. The standard InChI is InChI=1S/C23H27N3O3S3/c1-15-3-8-19-20(14-24)23(31-21(19)13-15)25-22(27)16-9-11-26(12-10-16)32(28,29)18-6-4-17(30-2)5-7-18/h4-7,15-16H,3,8-13H2,1-2H3,(H,25,27). The van der Waals surface area contributed by atoms with Gasteiger partial charge in [0, 0.05) is 28.8 Å². The largest absolute Gasteiger partial charge is 0.316 e. The molecule has 0 spiro atoms. The van der Waals surface area contributed by atoms with Crippen molar-refractivity contribution in [1.82, 2.24) is 4.31 Å². The van der Waals surface area contributed by atoms with Crippen molar-refractivity contribution in [1.29, 1.82) is 5.26 Å². The first kappa shape index (κ1) is 23.3. The van der Waals surface area contributed by atoms with Crippen LogP contribution in [0.1, 0.15) is 42.2 Å². The number of nitrogens with one attached hydrogen (secondary N) is 1. The van der Waals surface area contributed by atoms with E-state index in [4.69, 9.17) is 0 Å². The van der Waals surface area contributed by atoms with E-state index in [0.717, 1.165) is 29.7 Å². The van der Waals surface area contributed by atoms with E-state index in [9.17, 15) is 18.5 Å². The summed E-state index contributed by atoms with van der Waals surface area (Å²) in [4.78, 5) is 15.4. The minimum absolute atomic E-state index is 0.116. The highest BCUT2D eigenvalue weighted by molar-refractivity contribution is 7.98. The van der Waals surface area contributed by atoms with E-state index in [1.165, 1.54) is 20.5 Å². The molecule has 1 aromatic carbocycles. The van der Waals surface area contributed by atoms with Crippen molar-refractivity contribution in [2.75, 3.05) is 24.7 Å². The van der Waals surface area contributed by atoms with Crippen molar-refractivity contribution in [3.63, 3.8) is 0 Å². The molecule has 0 radical (unpaired) electrons. The van der Waals surface area contributed by atoms with Gasteiger partial charge in [0.15, 0.2) is 0 Å². The highest BCUT2D eigenvalue weighted by atomic mass is 32.2. The summed E-state index contributed by atoms with van der Waals surface area (Å²) in [6.45, 7) is 2.84. The molecule has 9 heteroatoms. The summed E-state index contributed by atoms with van der Waals surface area (Å²) in [7, 11) is -3.56. The number of hydrogen-bond acceptors (Lipinski definition) is 6. The molecule has 170 valence electrons. The highest BCUT2D eigenvalue weighted by Gasteiger charge is 2.33. The molecule has 2 aliphatic rings. The Kier molecular flexibility index (Phi) is 6.96. The molecule has 2 heterocycles. The lowest BCUT2D eigenvalue weighted by atomic mass is 9.88. The third kappa shape index (κ3) is 4.60. The second kappa shape index (κ2) is 9.56. The van der Waals surface area contributed by atoms with Crippen molar-refractivity contribution >= 4 is 44.0 Å². The number of hydrogen-bond donors (Lipinski definition) is 1. The van der Waals surface area contributed by atoms with Gasteiger partial charge >= 0.3 is 0 Å². The monoisotopic (exact) mass is 489 g/mol. The number of sulfonamides is 1. The van der Waals surface area contributed by atoms with Gasteiger partial charge in [0.2, 0.25) is 15.9 Å². The molecule has 1 N–H and O–H groups in total. The number of thiophene rings is 1. The van der Waals surface area contributed by atoms with Gasteiger partial charge in [-0.15, -0.1) is 23.1 Å². The Labute approximate surface area is 198 Å². The predicted molar refractivity (Wildman–Crippen MR) is 129 cm³/mol. The number of benzene rings is 1. The molecule has 1 saturated heterocycles. The number of carbonyl (C=O) groups excluding carboxylic acids is 1. The third-order valence-electron chi connectivity index (χ3n) is 6.38. The average Bonchev–Trinajstić information content (AvgIpc) is 3.14. The van der Waals surface area contributed by atoms with Crippen LogP contribution in [-0.4, -0.2) is 38.0 Å². The van der Waals surface area contributed by atoms with Gasteiger partial charge in [-0.25, -0.2) is 8.42 Å². The molecule has 1 aromatic heterocycles. The second-order valence-electron chi connectivity index (χ2n) is 8.51. The van der Waals surface area contributed by atoms with Crippen LogP contribution in [0.25, 0.3) is 0 Å². The highest BCUT2D eigenvalue weighted by Crippen LogP contribution is 2.39. The van der Waals surface area contributed by atoms with Gasteiger partial charge in [-0.1, -0.05) is 6.92 Å². The molecule has 4 rings (SSSR count). The molecule has 0 bridgehead atoms. The molecule has 1 unspecified atom stereocenters. The second-order valence-corrected chi connectivity index (χ2v) is 12.4. The van der Waals surface area contributed by atoms with Crippen molar-refractivity contribution in [2.45, 2.75) is 48.8 Å². The van der Waals surface area contributed by atoms with E-state index in [2.05, 4.69) is 18.3 Å². The lowest BCUT2D eigenvalue weighted by Crippen LogP contribution is -2.41. The SMILES string of the molecule is CSc1ccc(S(=O)(=O)N2CCC(C(=O)Nc3sc4c(c3C#N)CCC(C)C4)CC2)cc1. The van der Waals surface area contributed by atoms with Crippen molar-refractivity contribution in [2.24, 2.45) is 11.8 Å². The Morgan fingerprint density at radius 2 is 1.91 bits per heavy atom. The molecule has 0 saturated carbocycles. The van der Waals surface area contributed by atoms with Crippen molar-refractivity contribution in [3.05, 3.63) is 40.3 Å². The summed E-state index contributed by atoms with van der Waals surface area (Å²) in [5.74, 6) is 0.221. The van der Waals surface area contributed by atoms with Gasteiger partial charge in [-0.3, -0.25) is 4.79 Å². The first-order chi connectivity index (χ1) is 15.3. The molecule has 1 aliphatic heterocycles. The maximum atomic E-state index is 13.0. The van der Waals surface area contributed by atoms with E-state index < -0.39 is 10.0 Å². The van der Waals surface area contributed by atoms with Gasteiger partial charge in [0.25, 0.3) is 0 Å². The number of rotatable bonds is 5. The summed E-state index contributed by atoms with van der Waals surface area (Å²) in [6, 6.07) is 9.19. The fourth-order valence-electron chi connectivity index (χ4n) is 4.43. The third-order valence-corrected chi connectivity index (χ3v) is 10.2. The maximum absolute atomic E-state index is 13.0. The minimum Gasteiger partial charge on any atom is -0.316 e. The molecular formula is C23H27N3O3S3. The molecule has 1 atom stereocenters. The van der Waals surface area contributed by atoms with Crippen LogP contribution in [0.4, 0.5) is 5.00 Å². The normalized spacial score (nSPS) is 19.8. The van der Waals surface area contributed by atoms with E-state index in [1.54, 1.807) is 23.9 Å². The molecule has 1 amide bonds. The van der Waals surface area contributed by atoms with Crippen LogP contribution in [-0.2, 0) is 27.7 Å².